The molecule has 2 saturated carbocycles. The fourth-order valence-corrected chi connectivity index (χ4v) is 10.6. The zero-order valence-electron chi connectivity index (χ0n) is 26.3. The molecule has 6 rings (SSSR count). The largest absolute Gasteiger partial charge is 0.467 e. The van der Waals surface area contributed by atoms with E-state index in [0.29, 0.717) is 10.3 Å². The van der Waals surface area contributed by atoms with Crippen LogP contribution in [0.15, 0.2) is 35.2 Å². The van der Waals surface area contributed by atoms with E-state index < -0.39 is 78.5 Å². The Kier molecular flexibility index (Phi) is 9.58. The first kappa shape index (κ1) is 35.6. The van der Waals surface area contributed by atoms with Crippen LogP contribution in [0.3, 0.4) is 0 Å². The maximum absolute atomic E-state index is 15.2. The van der Waals surface area contributed by atoms with Crippen molar-refractivity contribution in [3.63, 3.8) is 0 Å². The summed E-state index contributed by atoms with van der Waals surface area (Å²) in [6, 6.07) is 6.89. The van der Waals surface area contributed by atoms with Crippen molar-refractivity contribution in [2.45, 2.75) is 80.0 Å². The van der Waals surface area contributed by atoms with Crippen LogP contribution in [0.4, 0.5) is 8.78 Å². The van der Waals surface area contributed by atoms with Crippen LogP contribution in [0, 0.1) is 17.8 Å². The van der Waals surface area contributed by atoms with Gasteiger partial charge in [-0.05, 0) is 48.8 Å². The van der Waals surface area contributed by atoms with Gasteiger partial charge in [0.05, 0.1) is 29.6 Å². The lowest BCUT2D eigenvalue weighted by molar-refractivity contribution is -0.170. The average molecular weight is 746 g/mol. The maximum Gasteiger partial charge on any atom is 0.467 e. The Labute approximate surface area is 285 Å². The summed E-state index contributed by atoms with van der Waals surface area (Å²) in [5, 5.41) is -6.79. The summed E-state index contributed by atoms with van der Waals surface area (Å²) in [7, 11) is -10.6. The number of alkyl halides is 2. The van der Waals surface area contributed by atoms with E-state index in [-0.39, 0.29) is 52.7 Å². The molecule has 0 N–H and O–H groups in total. The van der Waals surface area contributed by atoms with E-state index in [2.05, 4.69) is 11.2 Å². The number of hydrogen-bond donors (Lipinski definition) is 0. The van der Waals surface area contributed by atoms with Crippen LogP contribution < -0.4 is 0 Å². The molecule has 49 heavy (non-hydrogen) atoms. The smallest absolute Gasteiger partial charge is 0.465 e. The number of benzene rings is 2. The second kappa shape index (κ2) is 13.2. The molecule has 0 aromatic heterocycles. The number of hydrogen-bond acceptors (Lipinski definition) is 13. The Morgan fingerprint density at radius 3 is 2.51 bits per heavy atom. The van der Waals surface area contributed by atoms with Gasteiger partial charge in [0.2, 0.25) is 0 Å². The molecule has 1 saturated heterocycles. The highest BCUT2D eigenvalue weighted by atomic mass is 32.2. The summed E-state index contributed by atoms with van der Waals surface area (Å²) >= 11 is 1.09. The molecule has 0 spiro atoms. The molecule has 2 aromatic rings. The van der Waals surface area contributed by atoms with Crippen LogP contribution in [0.25, 0.3) is 10.8 Å². The summed E-state index contributed by atoms with van der Waals surface area (Å²) in [6.45, 7) is 4.40. The van der Waals surface area contributed by atoms with Crippen LogP contribution in [0.2, 0.25) is 0 Å². The van der Waals surface area contributed by atoms with Crippen molar-refractivity contribution in [1.82, 2.24) is 5.06 Å². The minimum absolute atomic E-state index is 0.0774. The molecule has 4 aliphatic rings. The van der Waals surface area contributed by atoms with E-state index in [9.17, 15) is 36.0 Å². The topological polar surface area (TPSA) is 177 Å². The quantitative estimate of drug-likeness (QED) is 0.117. The Hall–Kier alpha value is -3.19. The first-order valence-electron chi connectivity index (χ1n) is 15.8. The van der Waals surface area contributed by atoms with Crippen molar-refractivity contribution in [3.8, 4) is 0 Å². The Bertz CT molecular complexity index is 1910. The van der Waals surface area contributed by atoms with Gasteiger partial charge in [-0.25, -0.2) is 4.79 Å². The molecule has 2 aromatic carbocycles. The molecule has 18 heteroatoms. The molecule has 6 atom stereocenters. The van der Waals surface area contributed by atoms with Crippen LogP contribution in [0.5, 0.6) is 0 Å². The summed E-state index contributed by atoms with van der Waals surface area (Å²) in [5.41, 5.74) is -0.522. The predicted octanol–water partition coefficient (Wildman–Crippen LogP) is 4.19. The molecule has 2 aliphatic heterocycles. The van der Waals surface area contributed by atoms with Crippen molar-refractivity contribution < 1.29 is 62.7 Å². The van der Waals surface area contributed by atoms with E-state index in [4.69, 9.17) is 13.7 Å². The molecule has 0 radical (unpaired) electrons. The van der Waals surface area contributed by atoms with Crippen molar-refractivity contribution in [2.75, 3.05) is 12.4 Å². The van der Waals surface area contributed by atoms with Crippen LogP contribution in [0.1, 0.15) is 73.1 Å². The van der Waals surface area contributed by atoms with E-state index in [1.54, 1.807) is 6.07 Å². The van der Waals surface area contributed by atoms with Gasteiger partial charge >= 0.3 is 27.3 Å². The van der Waals surface area contributed by atoms with Gasteiger partial charge in [-0.1, -0.05) is 45.2 Å². The number of carbonyl (C=O) groups excluding carboxylic acids is 4. The summed E-state index contributed by atoms with van der Waals surface area (Å²) < 4.78 is 100. The molecule has 2 aliphatic carbocycles. The minimum atomic E-state index is -6.40. The van der Waals surface area contributed by atoms with E-state index >= 15 is 8.78 Å². The second-order valence-corrected chi connectivity index (χ2v) is 16.8. The number of ether oxygens (including phenoxy) is 2. The number of amides is 2. The van der Waals surface area contributed by atoms with Crippen LogP contribution >= 0.6 is 11.8 Å². The standard InChI is InChI=1S/C31H33F2NO12S3/c1-3-5-7-16(4-2)14-43-24(35)15-47-23-11-10-20-25-18(23)8-6-9-19(25)28(36)34(29(20)37)46-49(41,42)31(32,33)30(38)44-26-17-12-21-22(13-17)45-48(39,40)27(21)26/h6,8-11,16-17,21-22,26-27H,3-5,7,12-15H2,1-2H3. The van der Waals surface area contributed by atoms with Crippen molar-refractivity contribution in [2.24, 2.45) is 17.8 Å². The molecular formula is C31H33F2NO12S3. The maximum atomic E-state index is 15.2. The molecule has 6 unspecified atom stereocenters. The first-order valence-corrected chi connectivity index (χ1v) is 19.7. The number of unbranched alkanes of at least 4 members (excludes halogenated alkanes) is 1. The first-order chi connectivity index (χ1) is 23.1. The van der Waals surface area contributed by atoms with Gasteiger partial charge in [-0.3, -0.25) is 18.6 Å². The zero-order valence-corrected chi connectivity index (χ0v) is 28.8. The lowest BCUT2D eigenvalue weighted by Crippen LogP contribution is -2.50. The molecule has 3 fully saturated rings. The highest BCUT2D eigenvalue weighted by molar-refractivity contribution is 8.00. The normalized spacial score (nSPS) is 26.0. The van der Waals surface area contributed by atoms with Gasteiger partial charge < -0.3 is 9.47 Å². The number of carbonyl (C=O) groups is 4. The molecule has 2 bridgehead atoms. The fraction of sp³-hybridized carbons (Fsp3) is 0.548. The number of esters is 2. The summed E-state index contributed by atoms with van der Waals surface area (Å²) in [4.78, 5) is 52.2. The van der Waals surface area contributed by atoms with Crippen molar-refractivity contribution >= 4 is 66.5 Å². The number of fused-ring (bicyclic) bond motifs is 1. The van der Waals surface area contributed by atoms with Gasteiger partial charge in [-0.15, -0.1) is 21.1 Å². The predicted molar refractivity (Wildman–Crippen MR) is 168 cm³/mol. The molecule has 2 heterocycles. The average Bonchev–Trinajstić information content (AvgIpc) is 3.67. The van der Waals surface area contributed by atoms with E-state index in [1.807, 2.05) is 6.92 Å². The lowest BCUT2D eigenvalue weighted by atomic mass is 9.95. The molecule has 2 amide bonds. The van der Waals surface area contributed by atoms with Crippen molar-refractivity contribution in [3.05, 3.63) is 41.5 Å². The highest BCUT2D eigenvalue weighted by Crippen LogP contribution is 2.55. The number of rotatable bonds is 14. The highest BCUT2D eigenvalue weighted by Gasteiger charge is 2.68. The van der Waals surface area contributed by atoms with Gasteiger partial charge in [0, 0.05) is 22.1 Å². The third-order valence-electron chi connectivity index (χ3n) is 9.56. The van der Waals surface area contributed by atoms with E-state index in [1.165, 1.54) is 24.3 Å². The van der Waals surface area contributed by atoms with Gasteiger partial charge in [0.15, 0.2) is 0 Å². The van der Waals surface area contributed by atoms with Crippen LogP contribution in [-0.2, 0) is 47.8 Å². The monoisotopic (exact) mass is 745 g/mol. The third kappa shape index (κ3) is 6.23. The number of hydroxylamine groups is 2. The van der Waals surface area contributed by atoms with Gasteiger partial charge in [0.1, 0.15) is 11.4 Å². The van der Waals surface area contributed by atoms with Crippen molar-refractivity contribution in [1.29, 1.82) is 0 Å². The molecule has 266 valence electrons. The van der Waals surface area contributed by atoms with Gasteiger partial charge in [-0.2, -0.15) is 25.6 Å². The Balaban J connectivity index is 1.16. The Morgan fingerprint density at radius 1 is 1.10 bits per heavy atom. The SMILES string of the molecule is CCCCC(CC)COC(=O)CSc1ccc2c3c(cccc13)C(=O)N(OS(=O)(=O)C(F)(F)C(=O)OC1C3CC4OS(=O)(=O)C1C4C3)C2=O. The number of imide groups is 1. The van der Waals surface area contributed by atoms with Gasteiger partial charge in [0.25, 0.3) is 21.9 Å². The summed E-state index contributed by atoms with van der Waals surface area (Å²) in [6.07, 6.45) is 1.99. The zero-order chi connectivity index (χ0) is 35.5. The third-order valence-corrected chi connectivity index (χ3v) is 13.5. The molecular weight excluding hydrogens is 713 g/mol. The fourth-order valence-electron chi connectivity index (χ4n) is 7.05. The second-order valence-electron chi connectivity index (χ2n) is 12.5. The van der Waals surface area contributed by atoms with E-state index in [0.717, 1.165) is 37.4 Å². The molecule has 13 nitrogen and oxygen atoms in total. The number of thioether (sulfide) groups is 1. The number of nitrogens with zero attached hydrogens (tertiary/aromatic N) is 1. The lowest BCUT2D eigenvalue weighted by Gasteiger charge is -2.28. The Morgan fingerprint density at radius 2 is 1.82 bits per heavy atom. The van der Waals surface area contributed by atoms with Crippen LogP contribution in [-0.4, -0.2) is 80.7 Å². The minimum Gasteiger partial charge on any atom is -0.465 e. The number of halogens is 2. The summed E-state index contributed by atoms with van der Waals surface area (Å²) in [5.74, 6) is -6.92.